The van der Waals surface area contributed by atoms with Gasteiger partial charge in [0.2, 0.25) is 0 Å². The Bertz CT molecular complexity index is 796. The topological polar surface area (TPSA) is 54.5 Å². The zero-order chi connectivity index (χ0) is 19.4. The van der Waals surface area contributed by atoms with Crippen LogP contribution >= 0.6 is 11.6 Å². The molecule has 1 aromatic carbocycles. The van der Waals surface area contributed by atoms with Crippen LogP contribution in [0.4, 0.5) is 10.6 Å². The van der Waals surface area contributed by atoms with Crippen molar-refractivity contribution in [2.45, 2.75) is 45.6 Å². The van der Waals surface area contributed by atoms with Gasteiger partial charge in [-0.25, -0.2) is 9.78 Å². The monoisotopic (exact) mass is 389 g/mol. The molecule has 27 heavy (non-hydrogen) atoms. The lowest BCUT2D eigenvalue weighted by molar-refractivity contribution is 0.0524. The fraction of sp³-hybridized carbons (Fsp3) is 0.524. The average molecular weight is 390 g/mol. The number of carbonyl (C=O) groups excluding carboxylic acids is 1. The molecule has 2 heterocycles. The van der Waals surface area contributed by atoms with Crippen molar-refractivity contribution in [3.63, 3.8) is 0 Å². The van der Waals surface area contributed by atoms with Crippen LogP contribution in [-0.2, 0) is 4.74 Å². The third-order valence-corrected chi connectivity index (χ3v) is 5.03. The highest BCUT2D eigenvalue weighted by atomic mass is 35.5. The van der Waals surface area contributed by atoms with Gasteiger partial charge in [-0.1, -0.05) is 11.6 Å². The van der Waals surface area contributed by atoms with Crippen molar-refractivity contribution in [2.75, 3.05) is 24.5 Å². The first-order chi connectivity index (χ1) is 12.8. The van der Waals surface area contributed by atoms with Crippen LogP contribution in [0.5, 0.6) is 0 Å². The minimum atomic E-state index is -0.451. The summed E-state index contributed by atoms with van der Waals surface area (Å²) < 4.78 is 5.27. The maximum absolute atomic E-state index is 11.7. The quantitative estimate of drug-likeness (QED) is 0.797. The van der Waals surface area contributed by atoms with E-state index in [1.54, 1.807) is 0 Å². The summed E-state index contributed by atoms with van der Waals surface area (Å²) in [6.07, 6.45) is 2.86. The van der Waals surface area contributed by atoms with E-state index < -0.39 is 5.60 Å². The summed E-state index contributed by atoms with van der Waals surface area (Å²) in [7, 11) is 0. The predicted octanol–water partition coefficient (Wildman–Crippen LogP) is 5.02. The van der Waals surface area contributed by atoms with Crippen LogP contribution in [0.3, 0.4) is 0 Å². The lowest BCUT2D eigenvalue weighted by Crippen LogP contribution is -2.37. The molecule has 3 rings (SSSR count). The molecular formula is C21H28ClN3O2. The zero-order valence-corrected chi connectivity index (χ0v) is 17.1. The highest BCUT2D eigenvalue weighted by molar-refractivity contribution is 6.31. The Kier molecular flexibility index (Phi) is 6.10. The Labute approximate surface area is 166 Å². The summed E-state index contributed by atoms with van der Waals surface area (Å²) in [5.74, 6) is 1.64. The van der Waals surface area contributed by atoms with Crippen molar-refractivity contribution < 1.29 is 9.53 Å². The number of rotatable bonds is 4. The second kappa shape index (κ2) is 8.34. The van der Waals surface area contributed by atoms with Crippen molar-refractivity contribution in [1.82, 2.24) is 10.3 Å². The Balaban J connectivity index is 1.46. The summed E-state index contributed by atoms with van der Waals surface area (Å²) >= 11 is 6.04. The SMILES string of the molecule is CC(C)(C)OC(=O)NCCC1CCN(c2ccc3cc(Cl)ccc3n2)CC1. The number of ether oxygens (including phenoxy) is 1. The summed E-state index contributed by atoms with van der Waals surface area (Å²) in [4.78, 5) is 18.8. The van der Waals surface area contributed by atoms with Gasteiger partial charge in [0.05, 0.1) is 5.52 Å². The lowest BCUT2D eigenvalue weighted by Gasteiger charge is -2.33. The van der Waals surface area contributed by atoms with Gasteiger partial charge in [0.1, 0.15) is 11.4 Å². The lowest BCUT2D eigenvalue weighted by atomic mass is 9.93. The van der Waals surface area contributed by atoms with Crippen LogP contribution < -0.4 is 10.2 Å². The molecule has 6 heteroatoms. The molecule has 1 saturated heterocycles. The highest BCUT2D eigenvalue weighted by Crippen LogP contribution is 2.26. The molecule has 0 aliphatic carbocycles. The average Bonchev–Trinajstić information content (AvgIpc) is 2.60. The molecule has 0 radical (unpaired) electrons. The van der Waals surface area contributed by atoms with Crippen molar-refractivity contribution in [3.8, 4) is 0 Å². The van der Waals surface area contributed by atoms with Gasteiger partial charge in [0, 0.05) is 30.0 Å². The van der Waals surface area contributed by atoms with E-state index in [1.807, 2.05) is 39.0 Å². The van der Waals surface area contributed by atoms with Crippen LogP contribution in [0, 0.1) is 5.92 Å². The number of hydrogen-bond donors (Lipinski definition) is 1. The van der Waals surface area contributed by atoms with E-state index in [0.29, 0.717) is 12.5 Å². The van der Waals surface area contributed by atoms with Crippen molar-refractivity contribution in [2.24, 2.45) is 5.92 Å². The summed E-state index contributed by atoms with van der Waals surface area (Å²) in [5.41, 5.74) is 0.522. The zero-order valence-electron chi connectivity index (χ0n) is 16.3. The number of nitrogens with one attached hydrogen (secondary N) is 1. The van der Waals surface area contributed by atoms with E-state index in [2.05, 4.69) is 22.3 Å². The largest absolute Gasteiger partial charge is 0.444 e. The fourth-order valence-corrected chi connectivity index (χ4v) is 3.59. The number of halogens is 1. The van der Waals surface area contributed by atoms with Crippen LogP contribution in [0.1, 0.15) is 40.0 Å². The number of alkyl carbamates (subject to hydrolysis) is 1. The van der Waals surface area contributed by atoms with Crippen LogP contribution in [0.15, 0.2) is 30.3 Å². The van der Waals surface area contributed by atoms with Gasteiger partial charge in [-0.15, -0.1) is 0 Å². The number of benzene rings is 1. The van der Waals surface area contributed by atoms with Crippen LogP contribution in [0.2, 0.25) is 5.02 Å². The van der Waals surface area contributed by atoms with Crippen LogP contribution in [-0.4, -0.2) is 36.3 Å². The number of piperidine rings is 1. The van der Waals surface area contributed by atoms with E-state index in [1.165, 1.54) is 0 Å². The van der Waals surface area contributed by atoms with Crippen LogP contribution in [0.25, 0.3) is 10.9 Å². The third kappa shape index (κ3) is 5.73. The number of anilines is 1. The number of fused-ring (bicyclic) bond motifs is 1. The van der Waals surface area contributed by atoms with Gasteiger partial charge >= 0.3 is 6.09 Å². The molecule has 0 atom stereocenters. The molecule has 5 nitrogen and oxygen atoms in total. The van der Waals surface area contributed by atoms with E-state index in [4.69, 9.17) is 21.3 Å². The van der Waals surface area contributed by atoms with Gasteiger partial charge in [0.15, 0.2) is 0 Å². The Morgan fingerprint density at radius 1 is 1.26 bits per heavy atom. The first kappa shape index (κ1) is 19.7. The fourth-order valence-electron chi connectivity index (χ4n) is 3.41. The highest BCUT2D eigenvalue weighted by Gasteiger charge is 2.21. The third-order valence-electron chi connectivity index (χ3n) is 4.80. The molecule has 0 spiro atoms. The van der Waals surface area contributed by atoms with Gasteiger partial charge in [-0.2, -0.15) is 0 Å². The summed E-state index contributed by atoms with van der Waals surface area (Å²) in [6, 6.07) is 9.95. The molecule has 0 unspecified atom stereocenters. The van der Waals surface area contributed by atoms with Gasteiger partial charge in [-0.05, 0) is 76.3 Å². The second-order valence-electron chi connectivity index (χ2n) is 8.15. The predicted molar refractivity (Wildman–Crippen MR) is 111 cm³/mol. The molecule has 1 amide bonds. The van der Waals surface area contributed by atoms with E-state index in [0.717, 1.165) is 54.1 Å². The second-order valence-corrected chi connectivity index (χ2v) is 8.59. The number of hydrogen-bond acceptors (Lipinski definition) is 4. The minimum Gasteiger partial charge on any atom is -0.444 e. The summed E-state index contributed by atoms with van der Waals surface area (Å²) in [5, 5.41) is 4.65. The molecule has 1 aromatic heterocycles. The number of carbonyl (C=O) groups is 1. The molecule has 0 bridgehead atoms. The Morgan fingerprint density at radius 2 is 2.00 bits per heavy atom. The number of amides is 1. The van der Waals surface area contributed by atoms with Crippen molar-refractivity contribution >= 4 is 34.4 Å². The smallest absolute Gasteiger partial charge is 0.407 e. The van der Waals surface area contributed by atoms with Gasteiger partial charge in [-0.3, -0.25) is 0 Å². The molecular weight excluding hydrogens is 362 g/mol. The maximum atomic E-state index is 11.7. The van der Waals surface area contributed by atoms with Gasteiger partial charge in [0.25, 0.3) is 0 Å². The molecule has 0 saturated carbocycles. The molecule has 146 valence electrons. The van der Waals surface area contributed by atoms with E-state index >= 15 is 0 Å². The normalized spacial score (nSPS) is 15.8. The maximum Gasteiger partial charge on any atom is 0.407 e. The standard InChI is InChI=1S/C21H28ClN3O2/c1-21(2,3)27-20(26)23-11-8-15-9-12-25(13-10-15)19-7-4-16-14-17(22)5-6-18(16)24-19/h4-7,14-15H,8-13H2,1-3H3,(H,23,26). The molecule has 1 aliphatic rings. The Hall–Kier alpha value is -2.01. The summed E-state index contributed by atoms with van der Waals surface area (Å²) in [6.45, 7) is 8.26. The van der Waals surface area contributed by atoms with Crippen molar-refractivity contribution in [1.29, 1.82) is 0 Å². The molecule has 1 N–H and O–H groups in total. The van der Waals surface area contributed by atoms with E-state index in [9.17, 15) is 4.79 Å². The first-order valence-corrected chi connectivity index (χ1v) is 9.96. The Morgan fingerprint density at radius 3 is 2.70 bits per heavy atom. The number of nitrogens with zero attached hydrogens (tertiary/aromatic N) is 2. The number of pyridine rings is 1. The van der Waals surface area contributed by atoms with Crippen molar-refractivity contribution in [3.05, 3.63) is 35.4 Å². The molecule has 1 aliphatic heterocycles. The number of aromatic nitrogens is 1. The molecule has 1 fully saturated rings. The first-order valence-electron chi connectivity index (χ1n) is 9.58. The minimum absolute atomic E-state index is 0.333. The van der Waals surface area contributed by atoms with E-state index in [-0.39, 0.29) is 6.09 Å². The molecule has 2 aromatic rings. The van der Waals surface area contributed by atoms with Gasteiger partial charge < -0.3 is 15.0 Å².